The first-order valence-electron chi connectivity index (χ1n) is 6.40. The van der Waals surface area contributed by atoms with Crippen LogP contribution in [0.5, 0.6) is 0 Å². The lowest BCUT2D eigenvalue weighted by Crippen LogP contribution is -2.37. The first-order chi connectivity index (χ1) is 8.74. The lowest BCUT2D eigenvalue weighted by atomic mass is 9.69. The standard InChI is InChI=1S/C14H16N2O2/c17-13(18)14(6-2-1-3-7-14)11-9-16-12-10(11)5-4-8-15-12/h4-5,8-9H,1-3,6-7H2,(H,15,16)(H,17,18). The number of aliphatic carboxylic acids is 1. The van der Waals surface area contributed by atoms with Crippen molar-refractivity contribution >= 4 is 17.0 Å². The first kappa shape index (κ1) is 11.3. The molecule has 4 heteroatoms. The highest BCUT2D eigenvalue weighted by atomic mass is 16.4. The smallest absolute Gasteiger partial charge is 0.314 e. The van der Waals surface area contributed by atoms with Crippen molar-refractivity contribution in [2.45, 2.75) is 37.5 Å². The molecule has 0 atom stereocenters. The summed E-state index contributed by atoms with van der Waals surface area (Å²) in [6.45, 7) is 0. The third-order valence-electron chi connectivity index (χ3n) is 4.08. The molecule has 0 spiro atoms. The van der Waals surface area contributed by atoms with E-state index in [0.717, 1.165) is 48.7 Å². The van der Waals surface area contributed by atoms with Crippen LogP contribution in [0.1, 0.15) is 37.7 Å². The van der Waals surface area contributed by atoms with E-state index < -0.39 is 11.4 Å². The van der Waals surface area contributed by atoms with Gasteiger partial charge < -0.3 is 10.1 Å². The van der Waals surface area contributed by atoms with Gasteiger partial charge in [-0.15, -0.1) is 0 Å². The van der Waals surface area contributed by atoms with Crippen molar-refractivity contribution < 1.29 is 9.90 Å². The van der Waals surface area contributed by atoms with Gasteiger partial charge in [-0.2, -0.15) is 0 Å². The van der Waals surface area contributed by atoms with Gasteiger partial charge in [-0.25, -0.2) is 4.98 Å². The number of nitrogens with zero attached hydrogens (tertiary/aromatic N) is 1. The van der Waals surface area contributed by atoms with Gasteiger partial charge in [-0.1, -0.05) is 19.3 Å². The van der Waals surface area contributed by atoms with E-state index in [9.17, 15) is 9.90 Å². The van der Waals surface area contributed by atoms with Gasteiger partial charge in [0.2, 0.25) is 0 Å². The molecule has 2 N–H and O–H groups in total. The number of aromatic nitrogens is 2. The quantitative estimate of drug-likeness (QED) is 0.853. The predicted octanol–water partition coefficient (Wildman–Crippen LogP) is 2.85. The minimum Gasteiger partial charge on any atom is -0.481 e. The van der Waals surface area contributed by atoms with E-state index in [4.69, 9.17) is 0 Å². The van der Waals surface area contributed by atoms with Crippen molar-refractivity contribution in [1.82, 2.24) is 9.97 Å². The number of rotatable bonds is 2. The van der Waals surface area contributed by atoms with Crippen LogP contribution in [0.3, 0.4) is 0 Å². The predicted molar refractivity (Wildman–Crippen MR) is 68.5 cm³/mol. The minimum atomic E-state index is -0.723. The molecule has 0 radical (unpaired) electrons. The van der Waals surface area contributed by atoms with E-state index in [1.165, 1.54) is 0 Å². The van der Waals surface area contributed by atoms with E-state index in [-0.39, 0.29) is 0 Å². The molecule has 1 saturated carbocycles. The van der Waals surface area contributed by atoms with Crippen LogP contribution < -0.4 is 0 Å². The number of pyridine rings is 1. The van der Waals surface area contributed by atoms with Gasteiger partial charge in [0.15, 0.2) is 0 Å². The number of nitrogens with one attached hydrogen (secondary N) is 1. The number of carboxylic acids is 1. The van der Waals surface area contributed by atoms with E-state index in [0.29, 0.717) is 0 Å². The summed E-state index contributed by atoms with van der Waals surface area (Å²) in [7, 11) is 0. The zero-order valence-corrected chi connectivity index (χ0v) is 10.1. The van der Waals surface area contributed by atoms with Gasteiger partial charge in [0, 0.05) is 17.8 Å². The zero-order chi connectivity index (χ0) is 12.6. The molecule has 0 bridgehead atoms. The highest BCUT2D eigenvalue weighted by Gasteiger charge is 2.42. The first-order valence-corrected chi connectivity index (χ1v) is 6.40. The molecule has 18 heavy (non-hydrogen) atoms. The molecule has 1 aliphatic carbocycles. The van der Waals surface area contributed by atoms with Crippen LogP contribution in [0.4, 0.5) is 0 Å². The number of hydrogen-bond acceptors (Lipinski definition) is 2. The maximum atomic E-state index is 11.8. The fourth-order valence-corrected chi connectivity index (χ4v) is 3.11. The molecular weight excluding hydrogens is 228 g/mol. The number of carboxylic acid groups (broad SMARTS) is 1. The summed E-state index contributed by atoms with van der Waals surface area (Å²) in [5.41, 5.74) is 0.955. The van der Waals surface area contributed by atoms with Gasteiger partial charge >= 0.3 is 5.97 Å². The van der Waals surface area contributed by atoms with Gasteiger partial charge in [-0.05, 0) is 30.5 Å². The van der Waals surface area contributed by atoms with E-state index in [2.05, 4.69) is 9.97 Å². The molecule has 0 aliphatic heterocycles. The topological polar surface area (TPSA) is 66.0 Å². The van der Waals surface area contributed by atoms with Crippen molar-refractivity contribution in [3.05, 3.63) is 30.1 Å². The Balaban J connectivity index is 2.18. The van der Waals surface area contributed by atoms with Crippen molar-refractivity contribution in [3.8, 4) is 0 Å². The van der Waals surface area contributed by atoms with Gasteiger partial charge in [0.1, 0.15) is 5.65 Å². The SMILES string of the molecule is O=C(O)C1(c2c[nH]c3ncccc23)CCCCC1. The summed E-state index contributed by atoms with van der Waals surface area (Å²) in [4.78, 5) is 19.1. The van der Waals surface area contributed by atoms with E-state index in [1.54, 1.807) is 6.20 Å². The van der Waals surface area contributed by atoms with E-state index in [1.807, 2.05) is 18.3 Å². The Labute approximate surface area is 105 Å². The average Bonchev–Trinajstić information content (AvgIpc) is 2.83. The molecule has 1 aliphatic rings. The van der Waals surface area contributed by atoms with Crippen LogP contribution in [-0.4, -0.2) is 21.0 Å². The van der Waals surface area contributed by atoms with Crippen LogP contribution in [0, 0.1) is 0 Å². The highest BCUT2D eigenvalue weighted by Crippen LogP contribution is 2.42. The average molecular weight is 244 g/mol. The molecule has 1 fully saturated rings. The molecule has 2 heterocycles. The molecule has 4 nitrogen and oxygen atoms in total. The summed E-state index contributed by atoms with van der Waals surface area (Å²) in [5, 5.41) is 10.6. The van der Waals surface area contributed by atoms with Crippen LogP contribution in [0.2, 0.25) is 0 Å². The van der Waals surface area contributed by atoms with Crippen molar-refractivity contribution in [1.29, 1.82) is 0 Å². The normalized spacial score (nSPS) is 18.9. The second kappa shape index (κ2) is 4.12. The lowest BCUT2D eigenvalue weighted by Gasteiger charge is -2.33. The number of aromatic amines is 1. The zero-order valence-electron chi connectivity index (χ0n) is 10.1. The monoisotopic (exact) mass is 244 g/mol. The third-order valence-corrected chi connectivity index (χ3v) is 4.08. The maximum absolute atomic E-state index is 11.8. The molecule has 2 aromatic heterocycles. The van der Waals surface area contributed by atoms with Crippen molar-refractivity contribution in [2.24, 2.45) is 0 Å². The number of carbonyl (C=O) groups is 1. The fraction of sp³-hybridized carbons (Fsp3) is 0.429. The van der Waals surface area contributed by atoms with Crippen LogP contribution in [0.25, 0.3) is 11.0 Å². The molecule has 0 aromatic carbocycles. The Bertz CT molecular complexity index is 582. The molecule has 2 aromatic rings. The summed E-state index contributed by atoms with van der Waals surface area (Å²) < 4.78 is 0. The molecule has 0 amide bonds. The molecule has 0 unspecified atom stereocenters. The van der Waals surface area contributed by atoms with Crippen LogP contribution in [0.15, 0.2) is 24.5 Å². The van der Waals surface area contributed by atoms with E-state index >= 15 is 0 Å². The molecule has 94 valence electrons. The summed E-state index contributed by atoms with van der Waals surface area (Å²) >= 11 is 0. The maximum Gasteiger partial charge on any atom is 0.314 e. The van der Waals surface area contributed by atoms with Crippen LogP contribution >= 0.6 is 0 Å². The third kappa shape index (κ3) is 1.52. The largest absolute Gasteiger partial charge is 0.481 e. The Morgan fingerprint density at radius 3 is 2.83 bits per heavy atom. The number of hydrogen-bond donors (Lipinski definition) is 2. The van der Waals surface area contributed by atoms with Gasteiger partial charge in [0.05, 0.1) is 5.41 Å². The Hall–Kier alpha value is -1.84. The second-order valence-corrected chi connectivity index (χ2v) is 5.05. The van der Waals surface area contributed by atoms with Gasteiger partial charge in [-0.3, -0.25) is 4.79 Å². The summed E-state index contributed by atoms with van der Waals surface area (Å²) in [6, 6.07) is 3.81. The Morgan fingerprint density at radius 1 is 1.33 bits per heavy atom. The molecular formula is C14H16N2O2. The fourth-order valence-electron chi connectivity index (χ4n) is 3.11. The number of H-pyrrole nitrogens is 1. The highest BCUT2D eigenvalue weighted by molar-refractivity contribution is 5.90. The van der Waals surface area contributed by atoms with Crippen molar-refractivity contribution in [2.75, 3.05) is 0 Å². The molecule has 0 saturated heterocycles. The number of fused-ring (bicyclic) bond motifs is 1. The van der Waals surface area contributed by atoms with Crippen LogP contribution in [-0.2, 0) is 10.2 Å². The Morgan fingerprint density at radius 2 is 2.11 bits per heavy atom. The molecule has 3 rings (SSSR count). The minimum absolute atomic E-state index is 0.702. The lowest BCUT2D eigenvalue weighted by molar-refractivity contribution is -0.145. The second-order valence-electron chi connectivity index (χ2n) is 5.05. The summed E-state index contributed by atoms with van der Waals surface area (Å²) in [6.07, 6.45) is 8.11. The Kier molecular flexibility index (Phi) is 2.58. The van der Waals surface area contributed by atoms with Crippen molar-refractivity contribution in [3.63, 3.8) is 0 Å². The summed E-state index contributed by atoms with van der Waals surface area (Å²) in [5.74, 6) is -0.702. The van der Waals surface area contributed by atoms with Gasteiger partial charge in [0.25, 0.3) is 0 Å².